The second-order valence-electron chi connectivity index (χ2n) is 14.3. The van der Waals surface area contributed by atoms with Crippen LogP contribution in [0.25, 0.3) is 22.4 Å². The predicted molar refractivity (Wildman–Crippen MR) is 188 cm³/mol. The molecule has 2 aromatic carbocycles. The largest absolute Gasteiger partial charge is 0.481 e. The van der Waals surface area contributed by atoms with E-state index in [0.29, 0.717) is 67.5 Å². The summed E-state index contributed by atoms with van der Waals surface area (Å²) in [6, 6.07) is 16.1. The second kappa shape index (κ2) is 13.5. The van der Waals surface area contributed by atoms with Crippen LogP contribution in [0, 0.1) is 5.41 Å². The topological polar surface area (TPSA) is 114 Å². The zero-order valence-electron chi connectivity index (χ0n) is 29.0. The van der Waals surface area contributed by atoms with Gasteiger partial charge in [0.15, 0.2) is 0 Å². The number of β-amino-alcohol motifs (C(OH)–C–C–N with tert-alkyl or cyclic N) is 1. The minimum absolute atomic E-state index is 0.0216. The highest BCUT2D eigenvalue weighted by Crippen LogP contribution is 2.51. The van der Waals surface area contributed by atoms with Crippen LogP contribution >= 0.6 is 11.6 Å². The van der Waals surface area contributed by atoms with Crippen LogP contribution in [0.15, 0.2) is 54.6 Å². The van der Waals surface area contributed by atoms with E-state index in [1.807, 2.05) is 48.5 Å². The molecule has 2 aliphatic carbocycles. The van der Waals surface area contributed by atoms with Crippen LogP contribution in [0.2, 0.25) is 5.02 Å². The third-order valence-corrected chi connectivity index (χ3v) is 10.8. The van der Waals surface area contributed by atoms with Crippen molar-refractivity contribution >= 4 is 17.6 Å². The molecular weight excluding hydrogens is 699 g/mol. The van der Waals surface area contributed by atoms with Crippen molar-refractivity contribution in [2.24, 2.45) is 5.41 Å². The third kappa shape index (κ3) is 6.91. The summed E-state index contributed by atoms with van der Waals surface area (Å²) in [7, 11) is 2.89. The Morgan fingerprint density at radius 1 is 0.962 bits per heavy atom. The Morgan fingerprint density at radius 3 is 2.29 bits per heavy atom. The van der Waals surface area contributed by atoms with Crippen molar-refractivity contribution in [1.29, 1.82) is 0 Å². The first-order chi connectivity index (χ1) is 24.7. The molecule has 52 heavy (non-hydrogen) atoms. The number of aliphatic carboxylic acids is 1. The molecule has 0 amide bonds. The van der Waals surface area contributed by atoms with Gasteiger partial charge >= 0.3 is 12.1 Å². The Labute approximate surface area is 304 Å². The Bertz CT molecular complexity index is 2030. The van der Waals surface area contributed by atoms with Crippen molar-refractivity contribution in [3.63, 3.8) is 0 Å². The number of benzene rings is 2. The molecule has 0 radical (unpaired) electrons. The summed E-state index contributed by atoms with van der Waals surface area (Å²) in [5, 5.41) is 20.1. The van der Waals surface area contributed by atoms with Gasteiger partial charge in [0.1, 0.15) is 11.7 Å². The SMILES string of the molecule is COc1nc(-c2cccc(-c3cccc4c3CC[C@@H]4Oc3nc(OC)c(CCC4(C(=O)O)CC4)cc3C(F)(F)F)c2Cl)ccc1CN1CC(C)(O)C1. The van der Waals surface area contributed by atoms with Crippen LogP contribution in [0.1, 0.15) is 66.5 Å². The number of fused-ring (bicyclic) bond motifs is 1. The van der Waals surface area contributed by atoms with E-state index in [4.69, 9.17) is 30.8 Å². The molecule has 3 aliphatic rings. The normalized spacial score (nSPS) is 18.7. The molecule has 3 heterocycles. The number of carboxylic acid groups (broad SMARTS) is 1. The molecule has 1 saturated carbocycles. The number of hydrogen-bond donors (Lipinski definition) is 2. The van der Waals surface area contributed by atoms with Crippen LogP contribution < -0.4 is 14.2 Å². The van der Waals surface area contributed by atoms with Gasteiger partial charge in [-0.1, -0.05) is 54.1 Å². The first-order valence-electron chi connectivity index (χ1n) is 17.2. The lowest BCUT2D eigenvalue weighted by molar-refractivity contribution is -0.143. The summed E-state index contributed by atoms with van der Waals surface area (Å²) in [6.07, 6.45) is -3.27. The van der Waals surface area contributed by atoms with Crippen molar-refractivity contribution < 1.29 is 42.4 Å². The zero-order chi connectivity index (χ0) is 37.0. The zero-order valence-corrected chi connectivity index (χ0v) is 29.8. The van der Waals surface area contributed by atoms with Gasteiger partial charge in [0.2, 0.25) is 17.6 Å². The first kappa shape index (κ1) is 36.0. The molecular formula is C39H39ClF3N3O6. The summed E-state index contributed by atoms with van der Waals surface area (Å²) < 4.78 is 60.4. The summed E-state index contributed by atoms with van der Waals surface area (Å²) >= 11 is 7.09. The molecule has 1 atom stereocenters. The van der Waals surface area contributed by atoms with E-state index >= 15 is 0 Å². The summed E-state index contributed by atoms with van der Waals surface area (Å²) in [5.74, 6) is -1.08. The number of rotatable bonds is 12. The third-order valence-electron chi connectivity index (χ3n) is 10.4. The Hall–Kier alpha value is -4.39. The number of methoxy groups -OCH3 is 2. The van der Waals surface area contributed by atoms with Crippen LogP contribution in [0.4, 0.5) is 13.2 Å². The second-order valence-corrected chi connectivity index (χ2v) is 14.7. The maximum atomic E-state index is 14.4. The van der Waals surface area contributed by atoms with Crippen LogP contribution in [-0.2, 0) is 30.4 Å². The van der Waals surface area contributed by atoms with Gasteiger partial charge in [-0.15, -0.1) is 0 Å². The van der Waals surface area contributed by atoms with Crippen LogP contribution in [0.3, 0.4) is 0 Å². The number of carbonyl (C=O) groups is 1. The number of pyridine rings is 2. The molecule has 0 unspecified atom stereocenters. The molecule has 2 fully saturated rings. The molecule has 2 aromatic heterocycles. The molecule has 0 spiro atoms. The highest BCUT2D eigenvalue weighted by molar-refractivity contribution is 6.36. The molecule has 4 aromatic rings. The fraction of sp³-hybridized carbons (Fsp3) is 0.410. The number of ether oxygens (including phenoxy) is 3. The van der Waals surface area contributed by atoms with E-state index in [0.717, 1.165) is 33.9 Å². The quantitative estimate of drug-likeness (QED) is 0.150. The maximum absolute atomic E-state index is 14.4. The van der Waals surface area contributed by atoms with E-state index in [9.17, 15) is 28.2 Å². The van der Waals surface area contributed by atoms with E-state index in [-0.39, 0.29) is 24.3 Å². The number of halogens is 4. The maximum Gasteiger partial charge on any atom is 0.421 e. The molecule has 274 valence electrons. The number of aromatic nitrogens is 2. The fourth-order valence-electron chi connectivity index (χ4n) is 7.52. The lowest BCUT2D eigenvalue weighted by atomic mass is 9.94. The standard InChI is InChI=1S/C39H39ClF3N3O6/c1-37(49)20-46(21-37)19-23-10-12-30(44-34(23)51-3)28-9-5-8-27(32(28)40)24-6-4-7-26-25(24)11-13-31(26)52-35-29(39(41,42)43)18-22(33(45-35)50-2)14-15-38(16-17-38)36(47)48/h4-10,12,18,31,49H,11,13-17,19-21H2,1-3H3,(H,47,48)/t31-/m0/s1. The van der Waals surface area contributed by atoms with Gasteiger partial charge in [-0.2, -0.15) is 18.2 Å². The van der Waals surface area contributed by atoms with Gasteiger partial charge < -0.3 is 24.4 Å². The van der Waals surface area contributed by atoms with Crippen molar-refractivity contribution in [2.45, 2.75) is 69.9 Å². The average Bonchev–Trinajstić information content (AvgIpc) is 3.79. The van der Waals surface area contributed by atoms with Gasteiger partial charge in [-0.05, 0) is 74.3 Å². The first-order valence-corrected chi connectivity index (χ1v) is 17.5. The van der Waals surface area contributed by atoms with E-state index in [2.05, 4.69) is 9.88 Å². The molecule has 7 rings (SSSR count). The smallest absolute Gasteiger partial charge is 0.421 e. The highest BCUT2D eigenvalue weighted by Gasteiger charge is 2.50. The Kier molecular flexibility index (Phi) is 9.37. The van der Waals surface area contributed by atoms with Gasteiger partial charge in [0.05, 0.1) is 36.0 Å². The van der Waals surface area contributed by atoms with Gasteiger partial charge in [-0.25, -0.2) is 4.98 Å². The Morgan fingerprint density at radius 2 is 1.63 bits per heavy atom. The monoisotopic (exact) mass is 737 g/mol. The van der Waals surface area contributed by atoms with Gasteiger partial charge in [0.25, 0.3) is 0 Å². The van der Waals surface area contributed by atoms with E-state index in [1.54, 1.807) is 14.0 Å². The summed E-state index contributed by atoms with van der Waals surface area (Å²) in [6.45, 7) is 3.53. The van der Waals surface area contributed by atoms with Crippen molar-refractivity contribution in [3.8, 4) is 40.0 Å². The van der Waals surface area contributed by atoms with Crippen molar-refractivity contribution in [1.82, 2.24) is 14.9 Å². The number of alkyl halides is 3. The van der Waals surface area contributed by atoms with Crippen LogP contribution in [0.5, 0.6) is 17.6 Å². The van der Waals surface area contributed by atoms with Crippen molar-refractivity contribution in [2.75, 3.05) is 27.3 Å². The molecule has 1 saturated heterocycles. The average molecular weight is 738 g/mol. The number of nitrogens with zero attached hydrogens (tertiary/aromatic N) is 3. The highest BCUT2D eigenvalue weighted by atomic mass is 35.5. The predicted octanol–water partition coefficient (Wildman–Crippen LogP) is 7.93. The molecule has 13 heteroatoms. The fourth-order valence-corrected chi connectivity index (χ4v) is 7.84. The molecule has 0 bridgehead atoms. The summed E-state index contributed by atoms with van der Waals surface area (Å²) in [4.78, 5) is 22.7. The number of aliphatic hydroxyl groups is 1. The van der Waals surface area contributed by atoms with E-state index in [1.165, 1.54) is 7.11 Å². The molecule has 9 nitrogen and oxygen atoms in total. The lowest BCUT2D eigenvalue weighted by Crippen LogP contribution is -2.59. The number of hydrogen-bond acceptors (Lipinski definition) is 8. The minimum atomic E-state index is -4.77. The number of aryl methyl sites for hydroxylation is 1. The summed E-state index contributed by atoms with van der Waals surface area (Å²) in [5.41, 5.74) is 3.01. The lowest BCUT2D eigenvalue weighted by Gasteiger charge is -2.44. The Balaban J connectivity index is 1.16. The van der Waals surface area contributed by atoms with Gasteiger partial charge in [-0.3, -0.25) is 9.69 Å². The molecule has 2 N–H and O–H groups in total. The van der Waals surface area contributed by atoms with E-state index < -0.39 is 40.7 Å². The number of carboxylic acids is 1. The number of likely N-dealkylation sites (tertiary alicyclic amines) is 1. The van der Waals surface area contributed by atoms with Crippen molar-refractivity contribution in [3.05, 3.63) is 87.4 Å². The minimum Gasteiger partial charge on any atom is -0.481 e. The van der Waals surface area contributed by atoms with Crippen LogP contribution in [-0.4, -0.2) is 64.0 Å². The molecule has 1 aliphatic heterocycles. The van der Waals surface area contributed by atoms with Gasteiger partial charge in [0, 0.05) is 41.9 Å².